The predicted molar refractivity (Wildman–Crippen MR) is 191 cm³/mol. The fourth-order valence-electron chi connectivity index (χ4n) is 7.08. The fraction of sp³-hybridized carbons (Fsp3) is 0. The Balaban J connectivity index is 1.31. The number of hydrogen-bond acceptors (Lipinski definition) is 3. The highest BCUT2D eigenvalue weighted by Gasteiger charge is 2.21. The largest absolute Gasteiger partial charge is 0.310 e. The zero-order chi connectivity index (χ0) is 28.9. The van der Waals surface area contributed by atoms with E-state index in [1.165, 1.54) is 40.3 Å². The van der Waals surface area contributed by atoms with Crippen molar-refractivity contribution < 1.29 is 4.39 Å². The molecule has 10 rings (SSSR count). The molecule has 1 nitrogen and oxygen atoms in total. The van der Waals surface area contributed by atoms with Crippen LogP contribution in [0.2, 0.25) is 0 Å². The Kier molecular flexibility index (Phi) is 4.99. The van der Waals surface area contributed by atoms with E-state index >= 15 is 4.39 Å². The molecule has 10 aromatic rings. The minimum absolute atomic E-state index is 0.182. The number of hydrogen-bond donors (Lipinski definition) is 0. The zero-order valence-electron chi connectivity index (χ0n) is 23.3. The Labute approximate surface area is 260 Å². The SMILES string of the molecule is Fc1ccc2ccc3c(N(c4ccc5sc6ccccc6c5c4)c4ccc5sc6ccccc6c5c4)ccc4ccc1c2c43. The van der Waals surface area contributed by atoms with Crippen molar-refractivity contribution in [1.29, 1.82) is 0 Å². The van der Waals surface area contributed by atoms with E-state index < -0.39 is 0 Å². The standard InChI is InChI=1S/C40H22FNS2/c41-33-17-11-23-10-16-30-34(18-12-24-9-15-29(33)39(23)40(24)30)42(25-13-19-37-31(21-25)27-5-1-3-7-35(27)43-37)26-14-20-38-32(22-26)28-6-2-4-8-36(28)44-38/h1-22H. The van der Waals surface area contributed by atoms with E-state index in [-0.39, 0.29) is 5.82 Å². The van der Waals surface area contributed by atoms with Gasteiger partial charge < -0.3 is 4.90 Å². The molecule has 0 fully saturated rings. The maximum Gasteiger partial charge on any atom is 0.131 e. The van der Waals surface area contributed by atoms with E-state index in [1.54, 1.807) is 6.07 Å². The average molecular weight is 600 g/mol. The van der Waals surface area contributed by atoms with E-state index in [9.17, 15) is 0 Å². The summed E-state index contributed by atoms with van der Waals surface area (Å²) in [7, 11) is 0. The summed E-state index contributed by atoms with van der Waals surface area (Å²) < 4.78 is 20.2. The third-order valence-electron chi connectivity index (χ3n) is 9.07. The molecule has 0 unspecified atom stereocenters. The first-order valence-corrected chi connectivity index (χ1v) is 16.3. The van der Waals surface area contributed by atoms with Gasteiger partial charge >= 0.3 is 0 Å². The summed E-state index contributed by atoms with van der Waals surface area (Å²) in [6.07, 6.45) is 0. The Morgan fingerprint density at radius 3 is 1.55 bits per heavy atom. The minimum Gasteiger partial charge on any atom is -0.310 e. The van der Waals surface area contributed by atoms with Crippen molar-refractivity contribution >= 4 is 112 Å². The van der Waals surface area contributed by atoms with E-state index in [0.717, 1.165) is 44.0 Å². The second kappa shape index (κ2) is 8.99. The van der Waals surface area contributed by atoms with E-state index in [2.05, 4.69) is 120 Å². The van der Waals surface area contributed by atoms with Crippen molar-refractivity contribution in [3.05, 3.63) is 139 Å². The Bertz CT molecular complexity index is 2640. The van der Waals surface area contributed by atoms with Gasteiger partial charge in [0.05, 0.1) is 5.69 Å². The van der Waals surface area contributed by atoms with Crippen molar-refractivity contribution in [1.82, 2.24) is 0 Å². The Morgan fingerprint density at radius 1 is 0.409 bits per heavy atom. The highest BCUT2D eigenvalue weighted by Crippen LogP contribution is 2.47. The molecule has 0 N–H and O–H groups in total. The normalized spacial score (nSPS) is 12.2. The van der Waals surface area contributed by atoms with E-state index in [0.29, 0.717) is 5.39 Å². The number of fused-ring (bicyclic) bond motifs is 6. The van der Waals surface area contributed by atoms with Crippen LogP contribution in [0.15, 0.2) is 133 Å². The third kappa shape index (κ3) is 3.38. The monoisotopic (exact) mass is 599 g/mol. The van der Waals surface area contributed by atoms with Gasteiger partial charge in [0.25, 0.3) is 0 Å². The summed E-state index contributed by atoms with van der Waals surface area (Å²) in [4.78, 5) is 2.39. The second-order valence-electron chi connectivity index (χ2n) is 11.4. The van der Waals surface area contributed by atoms with Gasteiger partial charge in [0.1, 0.15) is 5.82 Å². The molecule has 2 heterocycles. The van der Waals surface area contributed by atoms with Crippen molar-refractivity contribution in [2.45, 2.75) is 0 Å². The molecule has 0 radical (unpaired) electrons. The molecule has 0 aliphatic rings. The van der Waals surface area contributed by atoms with Crippen LogP contribution >= 0.6 is 22.7 Å². The van der Waals surface area contributed by atoms with E-state index in [4.69, 9.17) is 0 Å². The van der Waals surface area contributed by atoms with Gasteiger partial charge in [0.2, 0.25) is 0 Å². The van der Waals surface area contributed by atoms with Gasteiger partial charge in [-0.05, 0) is 76.8 Å². The molecule has 44 heavy (non-hydrogen) atoms. The molecular formula is C40H22FNS2. The van der Waals surface area contributed by atoms with Gasteiger partial charge in [-0.3, -0.25) is 0 Å². The van der Waals surface area contributed by atoms with Crippen molar-refractivity contribution in [3.8, 4) is 0 Å². The number of halogens is 1. The van der Waals surface area contributed by atoms with Gasteiger partial charge in [-0.2, -0.15) is 0 Å². The summed E-state index contributed by atoms with van der Waals surface area (Å²) in [5.74, 6) is -0.182. The lowest BCUT2D eigenvalue weighted by Gasteiger charge is -2.28. The lowest BCUT2D eigenvalue weighted by atomic mass is 9.92. The van der Waals surface area contributed by atoms with Gasteiger partial charge in [0.15, 0.2) is 0 Å². The highest BCUT2D eigenvalue weighted by molar-refractivity contribution is 7.26. The van der Waals surface area contributed by atoms with Crippen LogP contribution in [0.25, 0.3) is 72.7 Å². The zero-order valence-corrected chi connectivity index (χ0v) is 25.0. The first-order chi connectivity index (χ1) is 21.7. The van der Waals surface area contributed by atoms with Gasteiger partial charge in [-0.25, -0.2) is 4.39 Å². The number of benzene rings is 8. The molecule has 2 aromatic heterocycles. The molecule has 0 spiro atoms. The molecule has 0 amide bonds. The fourth-order valence-corrected chi connectivity index (χ4v) is 9.25. The van der Waals surface area contributed by atoms with Crippen LogP contribution in [0.1, 0.15) is 0 Å². The summed E-state index contributed by atoms with van der Waals surface area (Å²) >= 11 is 3.67. The highest BCUT2D eigenvalue weighted by atomic mass is 32.1. The smallest absolute Gasteiger partial charge is 0.131 e. The van der Waals surface area contributed by atoms with Crippen LogP contribution in [0.4, 0.5) is 21.5 Å². The Hall–Kier alpha value is -5.03. The molecule has 4 heteroatoms. The first kappa shape index (κ1) is 24.4. The average Bonchev–Trinajstić information content (AvgIpc) is 3.63. The van der Waals surface area contributed by atoms with Crippen LogP contribution in [-0.4, -0.2) is 0 Å². The summed E-state index contributed by atoms with van der Waals surface area (Å²) in [6.45, 7) is 0. The number of thiophene rings is 2. The topological polar surface area (TPSA) is 3.24 Å². The number of nitrogens with zero attached hydrogens (tertiary/aromatic N) is 1. The van der Waals surface area contributed by atoms with Crippen molar-refractivity contribution in [2.24, 2.45) is 0 Å². The first-order valence-electron chi connectivity index (χ1n) is 14.7. The predicted octanol–water partition coefficient (Wildman–Crippen LogP) is 12.9. The molecule has 0 aliphatic carbocycles. The number of anilines is 3. The maximum atomic E-state index is 15.1. The lowest BCUT2D eigenvalue weighted by Crippen LogP contribution is -2.10. The van der Waals surface area contributed by atoms with Crippen LogP contribution in [-0.2, 0) is 0 Å². The summed E-state index contributed by atoms with van der Waals surface area (Å²) in [6, 6.07) is 47.2. The molecule has 206 valence electrons. The maximum absolute atomic E-state index is 15.1. The summed E-state index contributed by atoms with van der Waals surface area (Å²) in [5.41, 5.74) is 3.27. The molecule has 8 aromatic carbocycles. The molecule has 0 bridgehead atoms. The van der Waals surface area contributed by atoms with E-state index in [1.807, 2.05) is 34.8 Å². The van der Waals surface area contributed by atoms with Crippen molar-refractivity contribution in [2.75, 3.05) is 4.90 Å². The molecule has 0 saturated carbocycles. The molecule has 0 atom stereocenters. The minimum atomic E-state index is -0.182. The summed E-state index contributed by atoms with van der Waals surface area (Å²) in [5, 5.41) is 11.1. The molecule has 0 saturated heterocycles. The molecular weight excluding hydrogens is 578 g/mol. The molecule has 0 aliphatic heterocycles. The van der Waals surface area contributed by atoms with Crippen LogP contribution < -0.4 is 4.90 Å². The van der Waals surface area contributed by atoms with Gasteiger partial charge in [-0.1, -0.05) is 72.8 Å². The number of rotatable bonds is 3. The quantitative estimate of drug-likeness (QED) is 0.183. The van der Waals surface area contributed by atoms with Gasteiger partial charge in [-0.15, -0.1) is 22.7 Å². The van der Waals surface area contributed by atoms with Crippen molar-refractivity contribution in [3.63, 3.8) is 0 Å². The van der Waals surface area contributed by atoms with Crippen LogP contribution in [0, 0.1) is 5.82 Å². The lowest BCUT2D eigenvalue weighted by molar-refractivity contribution is 0.640. The van der Waals surface area contributed by atoms with Gasteiger partial charge in [0, 0.05) is 67.9 Å². The third-order valence-corrected chi connectivity index (χ3v) is 11.4. The van der Waals surface area contributed by atoms with Crippen LogP contribution in [0.5, 0.6) is 0 Å². The second-order valence-corrected chi connectivity index (χ2v) is 13.6. The Morgan fingerprint density at radius 2 is 0.909 bits per heavy atom. The van der Waals surface area contributed by atoms with Crippen LogP contribution in [0.3, 0.4) is 0 Å².